The molecule has 3 rings (SSSR count). The van der Waals surface area contributed by atoms with Crippen LogP contribution in [-0.4, -0.2) is 75.3 Å². The van der Waals surface area contributed by atoms with Crippen LogP contribution < -0.4 is 10.1 Å². The molecule has 2 aliphatic rings. The fourth-order valence-electron chi connectivity index (χ4n) is 3.69. The second-order valence-electron chi connectivity index (χ2n) is 8.61. The summed E-state index contributed by atoms with van der Waals surface area (Å²) in [6.45, 7) is 3.37. The van der Waals surface area contributed by atoms with Crippen LogP contribution in [0, 0.1) is 17.7 Å². The molecule has 0 amide bonds. The number of aliphatic imine (C=N–C) groups is 1. The molecule has 198 valence electrons. The van der Waals surface area contributed by atoms with Gasteiger partial charge in [-0.2, -0.15) is 0 Å². The molecule has 2 heterocycles. The van der Waals surface area contributed by atoms with E-state index in [0.717, 1.165) is 24.2 Å². The Morgan fingerprint density at radius 3 is 2.89 bits per heavy atom. The highest BCUT2D eigenvalue weighted by Gasteiger charge is 2.32. The third kappa shape index (κ3) is 8.23. The zero-order valence-electron chi connectivity index (χ0n) is 21.4. The number of amidine groups is 1. The van der Waals surface area contributed by atoms with Gasteiger partial charge in [-0.05, 0) is 58.5 Å². The SMILES string of the molecule is CCOC(=O)[SH]1C(CC(COc2ccc(C#CCN(C)C)cc2F)OC2CCCCO2)=CN=C1NC. The maximum absolute atomic E-state index is 14.7. The summed E-state index contributed by atoms with van der Waals surface area (Å²) in [4.78, 5) is 19.8. The highest BCUT2D eigenvalue weighted by molar-refractivity contribution is 8.43. The molecule has 1 fully saturated rings. The first-order valence-corrected chi connectivity index (χ1v) is 13.5. The van der Waals surface area contributed by atoms with Crippen molar-refractivity contribution in [1.29, 1.82) is 0 Å². The molecule has 1 aromatic carbocycles. The van der Waals surface area contributed by atoms with Crippen LogP contribution in [0.3, 0.4) is 0 Å². The summed E-state index contributed by atoms with van der Waals surface area (Å²) < 4.78 is 37.8. The molecule has 0 spiro atoms. The second kappa shape index (κ2) is 14.2. The van der Waals surface area contributed by atoms with Gasteiger partial charge in [-0.15, -0.1) is 0 Å². The first kappa shape index (κ1) is 28.0. The molecule has 0 saturated carbocycles. The topological polar surface area (TPSA) is 81.6 Å². The number of halogens is 1. The smallest absolute Gasteiger partial charge is 0.357 e. The lowest BCUT2D eigenvalue weighted by Crippen LogP contribution is -2.32. The minimum absolute atomic E-state index is 0.0840. The van der Waals surface area contributed by atoms with Crippen LogP contribution in [0.2, 0.25) is 0 Å². The van der Waals surface area contributed by atoms with Gasteiger partial charge in [0.05, 0.1) is 19.3 Å². The Morgan fingerprint density at radius 1 is 1.39 bits per heavy atom. The number of thiol groups is 1. The molecule has 3 unspecified atom stereocenters. The van der Waals surface area contributed by atoms with Gasteiger partial charge in [-0.25, -0.2) is 14.2 Å². The van der Waals surface area contributed by atoms with E-state index in [9.17, 15) is 9.18 Å². The molecular formula is C26H36FN3O5S. The van der Waals surface area contributed by atoms with E-state index in [-0.39, 0.29) is 30.6 Å². The van der Waals surface area contributed by atoms with Gasteiger partial charge in [0.25, 0.3) is 0 Å². The number of hydrogen-bond donors (Lipinski definition) is 2. The van der Waals surface area contributed by atoms with Crippen LogP contribution in [0.15, 0.2) is 34.3 Å². The Hall–Kier alpha value is -2.58. The van der Waals surface area contributed by atoms with E-state index in [1.807, 2.05) is 19.0 Å². The van der Waals surface area contributed by atoms with Crippen LogP contribution in [0.25, 0.3) is 0 Å². The molecule has 0 radical (unpaired) electrons. The summed E-state index contributed by atoms with van der Waals surface area (Å²) in [5.74, 6) is 5.57. The molecule has 10 heteroatoms. The Balaban J connectivity index is 1.70. The summed E-state index contributed by atoms with van der Waals surface area (Å²) in [7, 11) is 4.17. The molecule has 36 heavy (non-hydrogen) atoms. The first-order valence-electron chi connectivity index (χ1n) is 12.2. The third-order valence-electron chi connectivity index (χ3n) is 5.41. The zero-order valence-corrected chi connectivity index (χ0v) is 22.3. The van der Waals surface area contributed by atoms with Gasteiger partial charge < -0.3 is 24.3 Å². The summed E-state index contributed by atoms with van der Waals surface area (Å²) in [5.41, 5.74) is 0.582. The van der Waals surface area contributed by atoms with E-state index < -0.39 is 22.8 Å². The largest absolute Gasteiger partial charge is 0.488 e. The maximum atomic E-state index is 14.7. The predicted octanol–water partition coefficient (Wildman–Crippen LogP) is 4.01. The number of benzene rings is 1. The number of rotatable bonds is 9. The Labute approximate surface area is 215 Å². The standard InChI is InChI=1S/C26H36FN3O5S/c1-5-32-26(31)36-21(17-29-25(36)28-2)16-20(35-24-10-6-7-14-33-24)18-34-23-12-11-19(15-22(23)27)9-8-13-30(3)4/h11-12,15,17,20,24,36H,5-7,10,13-14,16,18H2,1-4H3,(H,28,29). The molecule has 3 atom stereocenters. The Bertz CT molecular complexity index is 1010. The van der Waals surface area contributed by atoms with Gasteiger partial charge in [-0.3, -0.25) is 4.90 Å². The fraction of sp³-hybridized carbons (Fsp3) is 0.538. The van der Waals surface area contributed by atoms with E-state index >= 15 is 0 Å². The van der Waals surface area contributed by atoms with Gasteiger partial charge in [-0.1, -0.05) is 22.7 Å². The van der Waals surface area contributed by atoms with Crippen molar-refractivity contribution in [1.82, 2.24) is 10.2 Å². The average Bonchev–Trinajstić information content (AvgIpc) is 3.26. The summed E-state index contributed by atoms with van der Waals surface area (Å²) in [6.07, 6.45) is 4.01. The fourth-order valence-corrected chi connectivity index (χ4v) is 5.58. The molecule has 1 saturated heterocycles. The van der Waals surface area contributed by atoms with E-state index in [2.05, 4.69) is 22.2 Å². The number of nitrogens with zero attached hydrogens (tertiary/aromatic N) is 2. The van der Waals surface area contributed by atoms with Crippen molar-refractivity contribution < 1.29 is 28.1 Å². The lowest BCUT2D eigenvalue weighted by atomic mass is 10.2. The van der Waals surface area contributed by atoms with Crippen LogP contribution >= 0.6 is 10.9 Å². The Morgan fingerprint density at radius 2 is 2.22 bits per heavy atom. The van der Waals surface area contributed by atoms with Gasteiger partial charge in [0.2, 0.25) is 0 Å². The zero-order chi connectivity index (χ0) is 25.9. The quantitative estimate of drug-likeness (QED) is 0.289. The highest BCUT2D eigenvalue weighted by Crippen LogP contribution is 2.45. The van der Waals surface area contributed by atoms with Crippen molar-refractivity contribution in [2.45, 2.75) is 45.0 Å². The average molecular weight is 522 g/mol. The maximum Gasteiger partial charge on any atom is 0.357 e. The third-order valence-corrected chi connectivity index (χ3v) is 7.54. The lowest BCUT2D eigenvalue weighted by molar-refractivity contribution is -0.192. The summed E-state index contributed by atoms with van der Waals surface area (Å²) >= 11 is 0. The van der Waals surface area contributed by atoms with Gasteiger partial charge in [0, 0.05) is 36.7 Å². The molecule has 0 aromatic heterocycles. The number of ether oxygens (including phenoxy) is 4. The van der Waals surface area contributed by atoms with Crippen LogP contribution in [0.4, 0.5) is 9.18 Å². The van der Waals surface area contributed by atoms with Crippen molar-refractivity contribution in [3.63, 3.8) is 0 Å². The van der Waals surface area contributed by atoms with Crippen molar-refractivity contribution in [3.05, 3.63) is 40.7 Å². The lowest BCUT2D eigenvalue weighted by Gasteiger charge is -2.29. The van der Waals surface area contributed by atoms with Crippen molar-refractivity contribution in [2.24, 2.45) is 4.99 Å². The van der Waals surface area contributed by atoms with Crippen LogP contribution in [-0.2, 0) is 14.2 Å². The van der Waals surface area contributed by atoms with E-state index in [1.165, 1.54) is 6.07 Å². The first-order chi connectivity index (χ1) is 17.4. The van der Waals surface area contributed by atoms with E-state index in [1.54, 1.807) is 32.3 Å². The van der Waals surface area contributed by atoms with Crippen LogP contribution in [0.1, 0.15) is 38.2 Å². The second-order valence-corrected chi connectivity index (χ2v) is 10.6. The number of hydrogen-bond acceptors (Lipinski definition) is 8. The van der Waals surface area contributed by atoms with Crippen molar-refractivity contribution >= 4 is 21.4 Å². The van der Waals surface area contributed by atoms with Crippen molar-refractivity contribution in [2.75, 3.05) is 47.5 Å². The molecule has 2 aliphatic heterocycles. The minimum Gasteiger partial charge on any atom is -0.488 e. The van der Waals surface area contributed by atoms with E-state index in [4.69, 9.17) is 18.9 Å². The molecule has 0 bridgehead atoms. The monoisotopic (exact) mass is 521 g/mol. The molecule has 1 aromatic rings. The molecule has 0 aliphatic carbocycles. The van der Waals surface area contributed by atoms with E-state index in [0.29, 0.717) is 30.3 Å². The summed E-state index contributed by atoms with van der Waals surface area (Å²) in [6, 6.07) is 4.67. The molecular weight excluding hydrogens is 485 g/mol. The minimum atomic E-state index is -1.41. The molecule has 1 N–H and O–H groups in total. The highest BCUT2D eigenvalue weighted by atomic mass is 32.2. The van der Waals surface area contributed by atoms with Crippen molar-refractivity contribution in [3.8, 4) is 17.6 Å². The Kier molecular flexibility index (Phi) is 11.1. The predicted molar refractivity (Wildman–Crippen MR) is 141 cm³/mol. The number of carbonyl (C=O) groups excluding carboxylic acids is 1. The number of nitrogens with one attached hydrogen (secondary N) is 1. The summed E-state index contributed by atoms with van der Waals surface area (Å²) in [5, 5.41) is 3.27. The van der Waals surface area contributed by atoms with Crippen LogP contribution in [0.5, 0.6) is 5.75 Å². The normalized spacial score (nSPS) is 21.2. The van der Waals surface area contributed by atoms with Gasteiger partial charge in [0.15, 0.2) is 23.0 Å². The molecule has 8 nitrogen and oxygen atoms in total. The van der Waals surface area contributed by atoms with Gasteiger partial charge >= 0.3 is 5.30 Å². The van der Waals surface area contributed by atoms with Gasteiger partial charge in [0.1, 0.15) is 6.61 Å². The number of carbonyl (C=O) groups is 1.